The molecule has 5 rings (SSSR count). The van der Waals surface area contributed by atoms with Crippen LogP contribution in [-0.2, 0) is 0 Å². The minimum absolute atomic E-state index is 0.0796. The van der Waals surface area contributed by atoms with E-state index in [2.05, 4.69) is 0 Å². The topological polar surface area (TPSA) is 0 Å². The molecule has 3 fully saturated rings. The van der Waals surface area contributed by atoms with Gasteiger partial charge in [0.1, 0.15) is 19.5 Å². The third-order valence-electron chi connectivity index (χ3n) is 8.00. The van der Waals surface area contributed by atoms with Crippen molar-refractivity contribution in [3.63, 3.8) is 0 Å². The summed E-state index contributed by atoms with van der Waals surface area (Å²) in [5.41, 5.74) is 0. The van der Waals surface area contributed by atoms with Gasteiger partial charge in [0.2, 0.25) is 0 Å². The zero-order chi connectivity index (χ0) is 21.5. The van der Waals surface area contributed by atoms with Crippen LogP contribution in [0.4, 0.5) is 0 Å². The van der Waals surface area contributed by atoms with E-state index in [1.807, 2.05) is 0 Å². The van der Waals surface area contributed by atoms with E-state index in [0.717, 1.165) is 0 Å². The Labute approximate surface area is 224 Å². The molecule has 0 saturated heterocycles. The van der Waals surface area contributed by atoms with Crippen LogP contribution in [-0.4, -0.2) is 29.2 Å². The summed E-state index contributed by atoms with van der Waals surface area (Å²) in [5, 5.41) is 0.488. The molecule has 0 N–H and O–H groups in total. The standard InChI is InChI=1S/C18H13Cl11/c19-9-10(20)15(25)6-2-4-8-7(3-1-5(6)14(9,24)13(15)23)16(26)11(21)12(22)17(8,27)18(16,28)29/h5-8,13H,1-4H2/t5-,6+,7+,8-,13?,14?,15?,16?,17?. The van der Waals surface area contributed by atoms with Gasteiger partial charge in [-0.05, 0) is 49.4 Å². The Balaban J connectivity index is 1.60. The van der Waals surface area contributed by atoms with Crippen molar-refractivity contribution in [1.29, 1.82) is 0 Å². The summed E-state index contributed by atoms with van der Waals surface area (Å²) in [6.45, 7) is 0. The van der Waals surface area contributed by atoms with Crippen LogP contribution < -0.4 is 0 Å². The van der Waals surface area contributed by atoms with Crippen molar-refractivity contribution in [2.24, 2.45) is 23.7 Å². The highest BCUT2D eigenvalue weighted by Crippen LogP contribution is 2.79. The molecule has 5 aliphatic rings. The quantitative estimate of drug-likeness (QED) is 0.238. The monoisotopic (exact) mass is 614 g/mol. The van der Waals surface area contributed by atoms with Crippen molar-refractivity contribution >= 4 is 128 Å². The van der Waals surface area contributed by atoms with Gasteiger partial charge in [-0.15, -0.1) is 58.0 Å². The average molecular weight is 619 g/mol. The highest BCUT2D eigenvalue weighted by atomic mass is 35.5. The third-order valence-corrected chi connectivity index (χ3v) is 15.9. The normalized spacial score (nSPS) is 57.8. The summed E-state index contributed by atoms with van der Waals surface area (Å²) in [6.07, 6.45) is 2.55. The first-order valence-electron chi connectivity index (χ1n) is 9.14. The number of allylic oxidation sites excluding steroid dienone is 4. The zero-order valence-corrected chi connectivity index (χ0v) is 22.7. The van der Waals surface area contributed by atoms with E-state index < -0.39 is 29.2 Å². The summed E-state index contributed by atoms with van der Waals surface area (Å²) < 4.78 is -1.55. The smallest absolute Gasteiger partial charge is 0.118 e. The molecule has 5 aliphatic carbocycles. The minimum Gasteiger partial charge on any atom is -0.118 e. The number of alkyl halides is 7. The first-order chi connectivity index (χ1) is 13.2. The number of hydrogen-bond donors (Lipinski definition) is 0. The van der Waals surface area contributed by atoms with Gasteiger partial charge in [-0.1, -0.05) is 69.6 Å². The number of fused-ring (bicyclic) bond motifs is 10. The maximum atomic E-state index is 7.02. The molecular formula is C18H13Cl11. The van der Waals surface area contributed by atoms with Crippen molar-refractivity contribution in [2.45, 2.75) is 54.9 Å². The molecule has 11 heteroatoms. The van der Waals surface area contributed by atoms with Crippen molar-refractivity contribution in [1.82, 2.24) is 0 Å². The molecule has 162 valence electrons. The van der Waals surface area contributed by atoms with E-state index in [1.165, 1.54) is 0 Å². The van der Waals surface area contributed by atoms with E-state index >= 15 is 0 Å². The molecule has 0 amide bonds. The van der Waals surface area contributed by atoms with Gasteiger partial charge in [-0.2, -0.15) is 0 Å². The van der Waals surface area contributed by atoms with Crippen LogP contribution in [0.25, 0.3) is 0 Å². The van der Waals surface area contributed by atoms with Crippen LogP contribution in [0, 0.1) is 23.7 Å². The van der Waals surface area contributed by atoms with Gasteiger partial charge in [0.05, 0.1) is 25.5 Å². The fourth-order valence-corrected chi connectivity index (χ4v) is 12.5. The van der Waals surface area contributed by atoms with Crippen LogP contribution in [0.2, 0.25) is 0 Å². The fraction of sp³-hybridized carbons (Fsp3) is 0.778. The summed E-state index contributed by atoms with van der Waals surface area (Å²) in [4.78, 5) is -4.60. The lowest BCUT2D eigenvalue weighted by Gasteiger charge is -2.44. The van der Waals surface area contributed by atoms with Crippen molar-refractivity contribution in [3.05, 3.63) is 20.1 Å². The second kappa shape index (κ2) is 6.66. The van der Waals surface area contributed by atoms with E-state index in [4.69, 9.17) is 128 Å². The summed E-state index contributed by atoms with van der Waals surface area (Å²) in [7, 11) is 0. The molecular weight excluding hydrogens is 606 g/mol. The van der Waals surface area contributed by atoms with Gasteiger partial charge in [0.25, 0.3) is 0 Å². The highest BCUT2D eigenvalue weighted by molar-refractivity contribution is 6.65. The Bertz CT molecular complexity index is 815. The molecule has 0 radical (unpaired) electrons. The van der Waals surface area contributed by atoms with Crippen molar-refractivity contribution < 1.29 is 0 Å². The Morgan fingerprint density at radius 1 is 0.517 bits per heavy atom. The van der Waals surface area contributed by atoms with Gasteiger partial charge in [-0.25, -0.2) is 0 Å². The molecule has 0 aromatic rings. The van der Waals surface area contributed by atoms with E-state index in [-0.39, 0.29) is 33.7 Å². The molecule has 0 aromatic heterocycles. The lowest BCUT2D eigenvalue weighted by molar-refractivity contribution is 0.175. The molecule has 4 bridgehead atoms. The lowest BCUT2D eigenvalue weighted by Crippen LogP contribution is -2.44. The van der Waals surface area contributed by atoms with Crippen molar-refractivity contribution in [3.8, 4) is 0 Å². The molecule has 29 heavy (non-hydrogen) atoms. The molecule has 0 aliphatic heterocycles. The maximum Gasteiger partial charge on any atom is 0.166 e. The molecule has 0 nitrogen and oxygen atoms in total. The predicted molar refractivity (Wildman–Crippen MR) is 128 cm³/mol. The molecule has 5 unspecified atom stereocenters. The summed E-state index contributed by atoms with van der Waals surface area (Å²) in [6, 6.07) is 0. The Morgan fingerprint density at radius 2 is 0.828 bits per heavy atom. The molecule has 3 saturated carbocycles. The van der Waals surface area contributed by atoms with Crippen LogP contribution in [0.3, 0.4) is 0 Å². The molecule has 0 heterocycles. The fourth-order valence-electron chi connectivity index (χ4n) is 6.70. The third kappa shape index (κ3) is 2.22. The first kappa shape index (κ1) is 23.4. The number of hydrogen-bond acceptors (Lipinski definition) is 0. The van der Waals surface area contributed by atoms with Gasteiger partial charge in [0, 0.05) is 0 Å². The number of rotatable bonds is 0. The Morgan fingerprint density at radius 3 is 1.17 bits per heavy atom. The van der Waals surface area contributed by atoms with Crippen molar-refractivity contribution in [2.75, 3.05) is 0 Å². The Hall–Kier alpha value is 2.67. The second-order valence-corrected chi connectivity index (χ2v) is 14.5. The van der Waals surface area contributed by atoms with Crippen LogP contribution in [0.5, 0.6) is 0 Å². The molecule has 9 atom stereocenters. The number of halogens is 11. The zero-order valence-electron chi connectivity index (χ0n) is 14.4. The lowest BCUT2D eigenvalue weighted by atomic mass is 9.67. The predicted octanol–water partition coefficient (Wildman–Crippen LogP) is 9.15. The largest absolute Gasteiger partial charge is 0.166 e. The van der Waals surface area contributed by atoms with E-state index in [9.17, 15) is 0 Å². The minimum atomic E-state index is -1.55. The molecule has 0 aromatic carbocycles. The highest BCUT2D eigenvalue weighted by Gasteiger charge is 2.82. The average Bonchev–Trinajstić information content (AvgIpc) is 2.99. The summed E-state index contributed by atoms with van der Waals surface area (Å²) in [5.74, 6) is -0.538. The van der Waals surface area contributed by atoms with E-state index in [0.29, 0.717) is 35.7 Å². The van der Waals surface area contributed by atoms with Crippen LogP contribution in [0.15, 0.2) is 20.1 Å². The molecule has 0 spiro atoms. The second-order valence-electron chi connectivity index (χ2n) is 8.73. The van der Waals surface area contributed by atoms with Crippen LogP contribution >= 0.6 is 128 Å². The van der Waals surface area contributed by atoms with Gasteiger partial charge >= 0.3 is 0 Å². The summed E-state index contributed by atoms with van der Waals surface area (Å²) >= 11 is 74.5. The van der Waals surface area contributed by atoms with E-state index in [1.54, 1.807) is 0 Å². The SMILES string of the molecule is ClC1=C(Cl)C2(Cl)C(Cl)C1(Cl)[C@@H]1CC[C@H]3[C@@H](CC[C@@H]12)C1(Cl)C(Cl)=C(Cl)C3(Cl)C1(Cl)Cl. The first-order valence-corrected chi connectivity index (χ1v) is 13.4. The van der Waals surface area contributed by atoms with Crippen LogP contribution in [0.1, 0.15) is 25.7 Å². The maximum absolute atomic E-state index is 7.02. The van der Waals surface area contributed by atoms with Gasteiger partial charge < -0.3 is 0 Å². The van der Waals surface area contributed by atoms with Gasteiger partial charge in [-0.3, -0.25) is 0 Å². The Kier molecular flexibility index (Phi) is 5.38. The van der Waals surface area contributed by atoms with Gasteiger partial charge in [0.15, 0.2) is 4.33 Å².